The molecule has 0 unspecified atom stereocenters. The molecule has 3 N–H and O–H groups in total. The topological polar surface area (TPSA) is 163 Å². The van der Waals surface area contributed by atoms with E-state index in [1.54, 1.807) is 0 Å². The number of hydrogen-bond acceptors (Lipinski definition) is 9. The highest BCUT2D eigenvalue weighted by Gasteiger charge is 2.54. The van der Waals surface area contributed by atoms with Gasteiger partial charge in [-0.1, -0.05) is 11.3 Å². The predicted octanol–water partition coefficient (Wildman–Crippen LogP) is -0.760. The number of aromatic nitrogens is 1. The Bertz CT molecular complexity index is 1010. The van der Waals surface area contributed by atoms with Gasteiger partial charge >= 0.3 is 16.8 Å². The van der Waals surface area contributed by atoms with Gasteiger partial charge in [0.05, 0.1) is 6.42 Å². The Kier molecular flexibility index (Phi) is 6.41. The first kappa shape index (κ1) is 21.8. The number of amides is 2. The molecule has 160 valence electrons. The SMILES string of the molecule is CC(=O)CC(=O)OCC1=C(C(=O)O)N2C(=O)[C@@H](NC(=O)Cc3csc(=O)[nH]3)[C@H]2SC1. The number of carbonyl (C=O) groups excluding carboxylic acids is 4. The fourth-order valence-electron chi connectivity index (χ4n) is 3.01. The van der Waals surface area contributed by atoms with Crippen molar-refractivity contribution in [1.82, 2.24) is 15.2 Å². The molecule has 1 aromatic heterocycles. The number of aliphatic carboxylic acids is 1. The Hall–Kier alpha value is -2.93. The number of ether oxygens (including phenoxy) is 1. The lowest BCUT2D eigenvalue weighted by Gasteiger charge is -2.49. The second-order valence-electron chi connectivity index (χ2n) is 6.60. The van der Waals surface area contributed by atoms with Gasteiger partial charge in [0.1, 0.15) is 35.9 Å². The number of carboxylic acids is 1. The number of thiazole rings is 1. The number of carboxylic acid groups (broad SMARTS) is 1. The van der Waals surface area contributed by atoms with E-state index in [1.807, 2.05) is 0 Å². The van der Waals surface area contributed by atoms with Crippen molar-refractivity contribution in [2.75, 3.05) is 12.4 Å². The van der Waals surface area contributed by atoms with E-state index in [1.165, 1.54) is 24.1 Å². The van der Waals surface area contributed by atoms with Crippen LogP contribution in [-0.2, 0) is 35.1 Å². The average Bonchev–Trinajstić information content (AvgIpc) is 3.07. The molecule has 3 rings (SSSR count). The monoisotopic (exact) mass is 455 g/mol. The first-order chi connectivity index (χ1) is 14.2. The molecule has 3 heterocycles. The van der Waals surface area contributed by atoms with Crippen molar-refractivity contribution in [1.29, 1.82) is 0 Å². The first-order valence-electron chi connectivity index (χ1n) is 8.68. The fourth-order valence-corrected chi connectivity index (χ4v) is 4.92. The van der Waals surface area contributed by atoms with E-state index in [2.05, 4.69) is 10.3 Å². The molecule has 0 bridgehead atoms. The molecule has 2 amide bonds. The van der Waals surface area contributed by atoms with Crippen molar-refractivity contribution in [2.45, 2.75) is 31.2 Å². The van der Waals surface area contributed by atoms with E-state index in [9.17, 15) is 33.9 Å². The number of ketones is 1. The molecular weight excluding hydrogens is 438 g/mol. The van der Waals surface area contributed by atoms with E-state index < -0.39 is 41.6 Å². The largest absolute Gasteiger partial charge is 0.477 e. The van der Waals surface area contributed by atoms with Gasteiger partial charge in [-0.25, -0.2) is 4.79 Å². The van der Waals surface area contributed by atoms with Gasteiger partial charge in [0.15, 0.2) is 0 Å². The van der Waals surface area contributed by atoms with Crippen molar-refractivity contribution in [2.24, 2.45) is 0 Å². The van der Waals surface area contributed by atoms with Crippen LogP contribution in [0, 0.1) is 0 Å². The third kappa shape index (κ3) is 4.62. The lowest BCUT2D eigenvalue weighted by molar-refractivity contribution is -0.151. The van der Waals surface area contributed by atoms with E-state index >= 15 is 0 Å². The van der Waals surface area contributed by atoms with E-state index in [0.717, 1.165) is 16.2 Å². The van der Waals surface area contributed by atoms with Crippen molar-refractivity contribution in [3.8, 4) is 0 Å². The summed E-state index contributed by atoms with van der Waals surface area (Å²) in [6, 6.07) is -0.899. The third-order valence-corrected chi connectivity index (χ3v) is 6.35. The smallest absolute Gasteiger partial charge is 0.352 e. The molecule has 1 aromatic rings. The minimum Gasteiger partial charge on any atom is -0.477 e. The highest BCUT2D eigenvalue weighted by atomic mass is 32.2. The Balaban J connectivity index is 1.66. The summed E-state index contributed by atoms with van der Waals surface area (Å²) in [6.45, 7) is 0.882. The average molecular weight is 455 g/mol. The van der Waals surface area contributed by atoms with Gasteiger partial charge in [-0.15, -0.1) is 11.8 Å². The molecule has 0 spiro atoms. The Morgan fingerprint density at radius 2 is 2.07 bits per heavy atom. The zero-order valence-corrected chi connectivity index (χ0v) is 17.3. The highest BCUT2D eigenvalue weighted by Crippen LogP contribution is 2.40. The number of nitrogens with one attached hydrogen (secondary N) is 2. The lowest BCUT2D eigenvalue weighted by atomic mass is 10.0. The van der Waals surface area contributed by atoms with E-state index in [4.69, 9.17) is 4.74 Å². The molecule has 0 radical (unpaired) electrons. The lowest BCUT2D eigenvalue weighted by Crippen LogP contribution is -2.70. The minimum atomic E-state index is -1.35. The van der Waals surface area contributed by atoms with Crippen molar-refractivity contribution >= 4 is 52.6 Å². The van der Waals surface area contributed by atoms with Crippen LogP contribution >= 0.6 is 23.1 Å². The summed E-state index contributed by atoms with van der Waals surface area (Å²) < 4.78 is 4.95. The molecular formula is C17H17N3O8S2. The van der Waals surface area contributed by atoms with Crippen molar-refractivity contribution < 1.29 is 33.8 Å². The molecule has 0 aliphatic carbocycles. The summed E-state index contributed by atoms with van der Waals surface area (Å²) in [6.07, 6.45) is -0.531. The number of nitrogens with zero attached hydrogens (tertiary/aromatic N) is 1. The zero-order chi connectivity index (χ0) is 22.0. The molecule has 2 atom stereocenters. The summed E-state index contributed by atoms with van der Waals surface area (Å²) in [5, 5.41) is 13.0. The van der Waals surface area contributed by atoms with Gasteiger partial charge in [0.25, 0.3) is 5.91 Å². The number of thioether (sulfide) groups is 1. The summed E-state index contributed by atoms with van der Waals surface area (Å²) in [5.74, 6) is -3.41. The number of aromatic amines is 1. The maximum absolute atomic E-state index is 12.5. The van der Waals surface area contributed by atoms with Crippen LogP contribution in [0.15, 0.2) is 21.4 Å². The molecule has 1 saturated heterocycles. The molecule has 2 aliphatic heterocycles. The van der Waals surface area contributed by atoms with Gasteiger partial charge in [-0.2, -0.15) is 0 Å². The van der Waals surface area contributed by atoms with E-state index in [0.29, 0.717) is 5.69 Å². The molecule has 11 nitrogen and oxygen atoms in total. The molecule has 2 aliphatic rings. The standard InChI is InChI=1S/C17H17N3O8S2/c1-7(21)2-11(23)28-4-8-5-29-15-12(14(24)20(15)13(8)16(25)26)19-10(22)3-9-6-30-17(27)18-9/h6,12,15H,2-5H2,1H3,(H,18,27)(H,19,22)(H,25,26)/t12-,15-/m1/s1. The molecule has 1 fully saturated rings. The number of Topliss-reactive ketones (excluding diaryl/α,β-unsaturated/α-hetero) is 1. The molecule has 30 heavy (non-hydrogen) atoms. The number of β-lactam (4-membered cyclic amide) rings is 1. The number of H-pyrrole nitrogens is 1. The highest BCUT2D eigenvalue weighted by molar-refractivity contribution is 8.00. The van der Waals surface area contributed by atoms with Crippen molar-refractivity contribution in [3.05, 3.63) is 32.0 Å². The summed E-state index contributed by atoms with van der Waals surface area (Å²) in [4.78, 5) is 73.3. The van der Waals surface area contributed by atoms with Gasteiger partial charge in [-0.3, -0.25) is 28.9 Å². The maximum atomic E-state index is 12.5. The Morgan fingerprint density at radius 1 is 1.33 bits per heavy atom. The zero-order valence-electron chi connectivity index (χ0n) is 15.6. The van der Waals surface area contributed by atoms with Gasteiger partial charge in [0.2, 0.25) is 5.91 Å². The summed E-state index contributed by atoms with van der Waals surface area (Å²) in [7, 11) is 0. The predicted molar refractivity (Wildman–Crippen MR) is 105 cm³/mol. The first-order valence-corrected chi connectivity index (χ1v) is 10.6. The van der Waals surface area contributed by atoms with Crippen molar-refractivity contribution in [3.63, 3.8) is 0 Å². The number of esters is 1. The van der Waals surface area contributed by atoms with Crippen LogP contribution in [0.1, 0.15) is 19.0 Å². The maximum Gasteiger partial charge on any atom is 0.352 e. The van der Waals surface area contributed by atoms with Crippen LogP contribution in [0.4, 0.5) is 0 Å². The second kappa shape index (κ2) is 8.83. The normalized spacial score (nSPS) is 20.3. The molecule has 0 saturated carbocycles. The van der Waals surface area contributed by atoms with Gasteiger partial charge < -0.3 is 20.1 Å². The molecule has 13 heteroatoms. The quantitative estimate of drug-likeness (QED) is 0.260. The van der Waals surface area contributed by atoms with Gasteiger partial charge in [-0.05, 0) is 6.92 Å². The second-order valence-corrected chi connectivity index (χ2v) is 8.55. The minimum absolute atomic E-state index is 0.112. The Labute approximate surface area is 177 Å². The summed E-state index contributed by atoms with van der Waals surface area (Å²) >= 11 is 2.15. The van der Waals surface area contributed by atoms with Gasteiger partial charge in [0, 0.05) is 22.4 Å². The van der Waals surface area contributed by atoms with Crippen LogP contribution in [0.2, 0.25) is 0 Å². The van der Waals surface area contributed by atoms with Crippen LogP contribution in [-0.4, -0.2) is 68.3 Å². The Morgan fingerprint density at radius 3 is 2.67 bits per heavy atom. The number of hydrogen-bond donors (Lipinski definition) is 3. The van der Waals surface area contributed by atoms with Crippen LogP contribution in [0.3, 0.4) is 0 Å². The number of fused-ring (bicyclic) bond motifs is 1. The summed E-state index contributed by atoms with van der Waals surface area (Å²) in [5.41, 5.74) is 0.366. The number of rotatable bonds is 8. The van der Waals surface area contributed by atoms with Crippen LogP contribution < -0.4 is 10.2 Å². The van der Waals surface area contributed by atoms with Crippen LogP contribution in [0.25, 0.3) is 0 Å². The van der Waals surface area contributed by atoms with Crippen LogP contribution in [0.5, 0.6) is 0 Å². The number of carbonyl (C=O) groups is 5. The third-order valence-electron chi connectivity index (χ3n) is 4.29. The van der Waals surface area contributed by atoms with E-state index in [-0.39, 0.29) is 40.7 Å². The fraction of sp³-hybridized carbons (Fsp3) is 0.412. The molecule has 0 aromatic carbocycles.